The van der Waals surface area contributed by atoms with E-state index < -0.39 is 0 Å². The first kappa shape index (κ1) is 13.6. The third-order valence-corrected chi connectivity index (χ3v) is 3.32. The molecule has 0 aliphatic heterocycles. The Morgan fingerprint density at radius 3 is 2.31 bits per heavy atom. The van der Waals surface area contributed by atoms with Gasteiger partial charge in [-0.1, -0.05) is 42.6 Å². The maximum atomic E-state index is 3.66. The van der Waals surface area contributed by atoms with Crippen molar-refractivity contribution in [1.82, 2.24) is 0 Å². The van der Waals surface area contributed by atoms with Crippen LogP contribution in [0.2, 0.25) is 0 Å². The Balaban J connectivity index is 2.68. The van der Waals surface area contributed by atoms with Crippen molar-refractivity contribution < 1.29 is 0 Å². The maximum Gasteiger partial charge on any atom is 0.0372 e. The molecule has 2 heteroatoms. The molecule has 0 bridgehead atoms. The van der Waals surface area contributed by atoms with Gasteiger partial charge in [0.25, 0.3) is 0 Å². The van der Waals surface area contributed by atoms with Gasteiger partial charge in [0.1, 0.15) is 0 Å². The van der Waals surface area contributed by atoms with Crippen molar-refractivity contribution in [2.75, 3.05) is 5.32 Å². The fourth-order valence-corrected chi connectivity index (χ4v) is 2.47. The number of hydrogen-bond donors (Lipinski definition) is 1. The molecule has 1 aromatic carbocycles. The summed E-state index contributed by atoms with van der Waals surface area (Å²) in [5, 5.41) is 3.66. The SMILES string of the molecule is CCCC(CCC)Nc1ccc(Br)cc1C. The summed E-state index contributed by atoms with van der Waals surface area (Å²) in [6, 6.07) is 7.05. The normalized spacial score (nSPS) is 10.8. The number of hydrogen-bond acceptors (Lipinski definition) is 1. The van der Waals surface area contributed by atoms with Crippen LogP contribution in [0.5, 0.6) is 0 Å². The van der Waals surface area contributed by atoms with Crippen LogP contribution in [0.15, 0.2) is 22.7 Å². The molecule has 1 nitrogen and oxygen atoms in total. The van der Waals surface area contributed by atoms with Crippen LogP contribution in [0.4, 0.5) is 5.69 Å². The number of benzene rings is 1. The van der Waals surface area contributed by atoms with Gasteiger partial charge in [0.15, 0.2) is 0 Å². The molecule has 0 amide bonds. The molecular weight excluding hydrogens is 262 g/mol. The molecule has 0 spiro atoms. The lowest BCUT2D eigenvalue weighted by atomic mass is 10.1. The summed E-state index contributed by atoms with van der Waals surface area (Å²) in [4.78, 5) is 0. The van der Waals surface area contributed by atoms with E-state index >= 15 is 0 Å². The summed E-state index contributed by atoms with van der Waals surface area (Å²) in [7, 11) is 0. The summed E-state index contributed by atoms with van der Waals surface area (Å²) >= 11 is 3.50. The molecule has 0 radical (unpaired) electrons. The van der Waals surface area contributed by atoms with Gasteiger partial charge in [-0.15, -0.1) is 0 Å². The Hall–Kier alpha value is -0.500. The van der Waals surface area contributed by atoms with Crippen molar-refractivity contribution in [2.45, 2.75) is 52.5 Å². The van der Waals surface area contributed by atoms with Crippen molar-refractivity contribution in [1.29, 1.82) is 0 Å². The van der Waals surface area contributed by atoms with Gasteiger partial charge in [-0.05, 0) is 43.5 Å². The van der Waals surface area contributed by atoms with E-state index in [0.717, 1.165) is 4.47 Å². The first-order valence-corrected chi connectivity index (χ1v) is 6.99. The fraction of sp³-hybridized carbons (Fsp3) is 0.571. The smallest absolute Gasteiger partial charge is 0.0372 e. The minimum absolute atomic E-state index is 0.620. The summed E-state index contributed by atoms with van der Waals surface area (Å²) in [5.74, 6) is 0. The van der Waals surface area contributed by atoms with Gasteiger partial charge in [0.2, 0.25) is 0 Å². The molecular formula is C14H22BrN. The van der Waals surface area contributed by atoms with E-state index in [-0.39, 0.29) is 0 Å². The van der Waals surface area contributed by atoms with Crippen molar-refractivity contribution in [3.8, 4) is 0 Å². The van der Waals surface area contributed by atoms with Crippen LogP contribution in [0.1, 0.15) is 45.1 Å². The van der Waals surface area contributed by atoms with E-state index in [1.54, 1.807) is 0 Å². The second-order valence-electron chi connectivity index (χ2n) is 4.38. The van der Waals surface area contributed by atoms with Gasteiger partial charge < -0.3 is 5.32 Å². The summed E-state index contributed by atoms with van der Waals surface area (Å²) in [5.41, 5.74) is 2.58. The highest BCUT2D eigenvalue weighted by atomic mass is 79.9. The minimum atomic E-state index is 0.620. The molecule has 0 atom stereocenters. The van der Waals surface area contributed by atoms with Crippen LogP contribution in [0.25, 0.3) is 0 Å². The molecule has 90 valence electrons. The van der Waals surface area contributed by atoms with Gasteiger partial charge in [-0.3, -0.25) is 0 Å². The van der Waals surface area contributed by atoms with Crippen molar-refractivity contribution >= 4 is 21.6 Å². The molecule has 16 heavy (non-hydrogen) atoms. The van der Waals surface area contributed by atoms with Crippen LogP contribution in [0, 0.1) is 6.92 Å². The van der Waals surface area contributed by atoms with Crippen molar-refractivity contribution in [2.24, 2.45) is 0 Å². The van der Waals surface area contributed by atoms with E-state index in [9.17, 15) is 0 Å². The molecule has 0 fully saturated rings. The van der Waals surface area contributed by atoms with E-state index in [0.29, 0.717) is 6.04 Å². The predicted molar refractivity (Wildman–Crippen MR) is 76.1 cm³/mol. The van der Waals surface area contributed by atoms with Gasteiger partial charge in [-0.2, -0.15) is 0 Å². The van der Waals surface area contributed by atoms with Gasteiger partial charge in [0, 0.05) is 16.2 Å². The standard InChI is InChI=1S/C14H22BrN/c1-4-6-13(7-5-2)16-14-9-8-12(15)10-11(14)3/h8-10,13,16H,4-7H2,1-3H3. The molecule has 0 unspecified atom stereocenters. The monoisotopic (exact) mass is 283 g/mol. The second-order valence-corrected chi connectivity index (χ2v) is 5.29. The van der Waals surface area contributed by atoms with Crippen molar-refractivity contribution in [3.05, 3.63) is 28.2 Å². The van der Waals surface area contributed by atoms with Crippen LogP contribution in [-0.2, 0) is 0 Å². The van der Waals surface area contributed by atoms with Crippen LogP contribution >= 0.6 is 15.9 Å². The zero-order valence-electron chi connectivity index (χ0n) is 10.5. The number of halogens is 1. The Morgan fingerprint density at radius 2 is 1.81 bits per heavy atom. The Bertz CT molecular complexity index is 317. The zero-order valence-corrected chi connectivity index (χ0v) is 12.1. The lowest BCUT2D eigenvalue weighted by Crippen LogP contribution is -2.19. The highest BCUT2D eigenvalue weighted by Gasteiger charge is 2.07. The largest absolute Gasteiger partial charge is 0.382 e. The van der Waals surface area contributed by atoms with Gasteiger partial charge in [-0.25, -0.2) is 0 Å². The van der Waals surface area contributed by atoms with Gasteiger partial charge >= 0.3 is 0 Å². The molecule has 0 aliphatic carbocycles. The first-order chi connectivity index (χ1) is 7.67. The minimum Gasteiger partial charge on any atom is -0.382 e. The Kier molecular flexibility index (Phi) is 5.89. The summed E-state index contributed by atoms with van der Waals surface area (Å²) in [6.07, 6.45) is 4.99. The number of nitrogens with one attached hydrogen (secondary N) is 1. The number of anilines is 1. The highest BCUT2D eigenvalue weighted by molar-refractivity contribution is 9.10. The predicted octanol–water partition coefficient (Wildman–Crippen LogP) is 5.14. The molecule has 1 rings (SSSR count). The third kappa shape index (κ3) is 4.17. The van der Waals surface area contributed by atoms with Crippen LogP contribution < -0.4 is 5.32 Å². The number of rotatable bonds is 6. The van der Waals surface area contributed by atoms with E-state index in [1.807, 2.05) is 0 Å². The molecule has 0 heterocycles. The summed E-state index contributed by atoms with van der Waals surface area (Å²) in [6.45, 7) is 6.65. The lowest BCUT2D eigenvalue weighted by Gasteiger charge is -2.20. The van der Waals surface area contributed by atoms with E-state index in [4.69, 9.17) is 0 Å². The van der Waals surface area contributed by atoms with Crippen molar-refractivity contribution in [3.63, 3.8) is 0 Å². The average Bonchev–Trinajstić information content (AvgIpc) is 2.23. The van der Waals surface area contributed by atoms with E-state index in [2.05, 4.69) is 60.2 Å². The lowest BCUT2D eigenvalue weighted by molar-refractivity contribution is 0.586. The van der Waals surface area contributed by atoms with E-state index in [1.165, 1.54) is 36.9 Å². The third-order valence-electron chi connectivity index (χ3n) is 2.82. The Morgan fingerprint density at radius 1 is 1.19 bits per heavy atom. The molecule has 1 N–H and O–H groups in total. The molecule has 1 aromatic rings. The average molecular weight is 284 g/mol. The highest BCUT2D eigenvalue weighted by Crippen LogP contribution is 2.22. The zero-order chi connectivity index (χ0) is 12.0. The quantitative estimate of drug-likeness (QED) is 0.762. The second kappa shape index (κ2) is 6.95. The Labute approximate surface area is 108 Å². The van der Waals surface area contributed by atoms with Crippen LogP contribution in [-0.4, -0.2) is 6.04 Å². The molecule has 0 saturated carbocycles. The molecule has 0 aromatic heterocycles. The molecule has 0 aliphatic rings. The van der Waals surface area contributed by atoms with Gasteiger partial charge in [0.05, 0.1) is 0 Å². The fourth-order valence-electron chi connectivity index (χ4n) is 1.99. The van der Waals surface area contributed by atoms with Crippen LogP contribution in [0.3, 0.4) is 0 Å². The topological polar surface area (TPSA) is 12.0 Å². The summed E-state index contributed by atoms with van der Waals surface area (Å²) < 4.78 is 1.15. The first-order valence-electron chi connectivity index (χ1n) is 6.20. The maximum absolute atomic E-state index is 3.66. The number of aryl methyl sites for hydroxylation is 1. The molecule has 0 saturated heterocycles.